The molecular weight excluding hydrogens is 357 g/mol. The molecule has 0 bridgehead atoms. The molecule has 2 aromatic rings. The lowest BCUT2D eigenvalue weighted by molar-refractivity contribution is -0.136. The first-order chi connectivity index (χ1) is 13.6. The van der Waals surface area contributed by atoms with Crippen LogP contribution in [0.3, 0.4) is 0 Å². The number of amides is 1. The minimum absolute atomic E-state index is 0.0733. The second-order valence-electron chi connectivity index (χ2n) is 7.26. The quantitative estimate of drug-likeness (QED) is 0.706. The van der Waals surface area contributed by atoms with Gasteiger partial charge in [0.25, 0.3) is 0 Å². The first kappa shape index (κ1) is 20.2. The third-order valence-corrected chi connectivity index (χ3v) is 5.05. The summed E-state index contributed by atoms with van der Waals surface area (Å²) in [6, 6.07) is 14.2. The van der Waals surface area contributed by atoms with Crippen molar-refractivity contribution >= 4 is 5.91 Å². The minimum Gasteiger partial charge on any atom is -0.490 e. The van der Waals surface area contributed by atoms with E-state index in [2.05, 4.69) is 0 Å². The lowest BCUT2D eigenvalue weighted by Gasteiger charge is -2.34. The Hall–Kier alpha value is -2.56. The lowest BCUT2D eigenvalue weighted by atomic mass is 9.98. The Morgan fingerprint density at radius 1 is 1.14 bits per heavy atom. The predicted molar refractivity (Wildman–Crippen MR) is 107 cm³/mol. The average molecular weight is 385 g/mol. The fourth-order valence-electron chi connectivity index (χ4n) is 3.61. The van der Waals surface area contributed by atoms with Gasteiger partial charge < -0.3 is 14.4 Å². The number of nitrogens with zero attached hydrogens (tertiary/aromatic N) is 1. The summed E-state index contributed by atoms with van der Waals surface area (Å²) in [5.74, 6) is 1.21. The first-order valence-corrected chi connectivity index (χ1v) is 9.98. The van der Waals surface area contributed by atoms with Gasteiger partial charge in [0, 0.05) is 31.8 Å². The molecule has 0 saturated carbocycles. The Labute approximate surface area is 166 Å². The zero-order valence-corrected chi connectivity index (χ0v) is 16.6. The smallest absolute Gasteiger partial charge is 0.225 e. The van der Waals surface area contributed by atoms with Crippen molar-refractivity contribution in [1.82, 2.24) is 4.90 Å². The molecule has 1 heterocycles. The number of rotatable bonds is 7. The van der Waals surface area contributed by atoms with Gasteiger partial charge in [0.15, 0.2) is 11.5 Å². The van der Waals surface area contributed by atoms with Gasteiger partial charge in [-0.15, -0.1) is 0 Å². The highest BCUT2D eigenvalue weighted by Crippen LogP contribution is 2.29. The fourth-order valence-corrected chi connectivity index (χ4v) is 3.61. The number of carbonyl (C=O) groups excluding carboxylic acids is 1. The van der Waals surface area contributed by atoms with Crippen LogP contribution in [0.1, 0.15) is 32.3 Å². The Balaban J connectivity index is 1.51. The number of hydrogen-bond donors (Lipinski definition) is 0. The third-order valence-electron chi connectivity index (χ3n) is 5.05. The minimum atomic E-state index is -0.262. The van der Waals surface area contributed by atoms with Crippen molar-refractivity contribution < 1.29 is 18.7 Å². The van der Waals surface area contributed by atoms with E-state index in [1.807, 2.05) is 49.1 Å². The molecular formula is C23H28FNO3. The van der Waals surface area contributed by atoms with Crippen LogP contribution < -0.4 is 9.47 Å². The Morgan fingerprint density at radius 2 is 1.86 bits per heavy atom. The molecule has 1 aliphatic rings. The van der Waals surface area contributed by atoms with Crippen LogP contribution in [0.4, 0.5) is 4.39 Å². The molecule has 28 heavy (non-hydrogen) atoms. The molecule has 0 aromatic heterocycles. The zero-order chi connectivity index (χ0) is 19.9. The highest BCUT2D eigenvalue weighted by atomic mass is 19.1. The number of hydrogen-bond acceptors (Lipinski definition) is 3. The monoisotopic (exact) mass is 385 g/mol. The van der Waals surface area contributed by atoms with Gasteiger partial charge >= 0.3 is 0 Å². The summed E-state index contributed by atoms with van der Waals surface area (Å²) in [5.41, 5.74) is 0.853. The van der Waals surface area contributed by atoms with Gasteiger partial charge in [-0.2, -0.15) is 0 Å². The maximum atomic E-state index is 13.4. The molecule has 1 fully saturated rings. The van der Waals surface area contributed by atoms with Crippen molar-refractivity contribution in [2.45, 2.75) is 39.2 Å². The van der Waals surface area contributed by atoms with E-state index in [1.54, 1.807) is 6.07 Å². The molecule has 0 radical (unpaired) electrons. The molecule has 1 atom stereocenters. The number of ether oxygens (including phenoxy) is 2. The van der Waals surface area contributed by atoms with Crippen molar-refractivity contribution in [3.63, 3.8) is 0 Å². The van der Waals surface area contributed by atoms with Crippen molar-refractivity contribution in [3.8, 4) is 11.5 Å². The van der Waals surface area contributed by atoms with E-state index in [0.717, 1.165) is 29.9 Å². The molecule has 0 spiro atoms. The number of carbonyl (C=O) groups is 1. The van der Waals surface area contributed by atoms with Gasteiger partial charge in [0.05, 0.1) is 6.61 Å². The Morgan fingerprint density at radius 3 is 2.54 bits per heavy atom. The van der Waals surface area contributed by atoms with Crippen LogP contribution in [0, 0.1) is 11.7 Å². The van der Waals surface area contributed by atoms with Gasteiger partial charge in [0.2, 0.25) is 5.91 Å². The Kier molecular flexibility index (Phi) is 6.90. The third kappa shape index (κ3) is 5.24. The van der Waals surface area contributed by atoms with Gasteiger partial charge in [-0.3, -0.25) is 4.79 Å². The lowest BCUT2D eigenvalue weighted by Crippen LogP contribution is -2.44. The van der Waals surface area contributed by atoms with Gasteiger partial charge in [0.1, 0.15) is 11.9 Å². The summed E-state index contributed by atoms with van der Waals surface area (Å²) >= 11 is 0. The second kappa shape index (κ2) is 9.58. The summed E-state index contributed by atoms with van der Waals surface area (Å²) in [5, 5.41) is 0. The molecule has 1 saturated heterocycles. The van der Waals surface area contributed by atoms with E-state index in [-0.39, 0.29) is 23.7 Å². The van der Waals surface area contributed by atoms with Gasteiger partial charge in [-0.05, 0) is 43.2 Å². The normalized spacial score (nSPS) is 15.9. The van der Waals surface area contributed by atoms with Crippen LogP contribution in [0.2, 0.25) is 0 Å². The maximum absolute atomic E-state index is 13.4. The topological polar surface area (TPSA) is 38.8 Å². The van der Waals surface area contributed by atoms with E-state index in [1.165, 1.54) is 12.1 Å². The number of halogens is 1. The van der Waals surface area contributed by atoms with Crippen LogP contribution >= 0.6 is 0 Å². The van der Waals surface area contributed by atoms with Crippen LogP contribution in [0.15, 0.2) is 48.5 Å². The Bertz CT molecular complexity index is 787. The van der Waals surface area contributed by atoms with Crippen molar-refractivity contribution in [3.05, 3.63) is 59.9 Å². The van der Waals surface area contributed by atoms with Gasteiger partial charge in [-0.1, -0.05) is 31.2 Å². The summed E-state index contributed by atoms with van der Waals surface area (Å²) in [6.45, 7) is 5.80. The molecule has 5 heteroatoms. The van der Waals surface area contributed by atoms with Crippen LogP contribution in [0.5, 0.6) is 11.5 Å². The standard InChI is InChI=1S/C23H28FNO3/c1-3-27-21-9-4-5-10-22(21)28-20-11-13-25(14-12-20)23(26)17(2)15-18-7-6-8-19(24)16-18/h4-10,16-17,20H,3,11-15H2,1-2H3. The van der Waals surface area contributed by atoms with Crippen molar-refractivity contribution in [1.29, 1.82) is 0 Å². The van der Waals surface area contributed by atoms with Gasteiger partial charge in [-0.25, -0.2) is 4.39 Å². The van der Waals surface area contributed by atoms with E-state index in [4.69, 9.17) is 9.47 Å². The molecule has 4 nitrogen and oxygen atoms in total. The predicted octanol–water partition coefficient (Wildman–Crippen LogP) is 4.47. The maximum Gasteiger partial charge on any atom is 0.225 e. The summed E-state index contributed by atoms with van der Waals surface area (Å²) in [4.78, 5) is 14.7. The molecule has 3 rings (SSSR count). The number of piperidine rings is 1. The van der Waals surface area contributed by atoms with Crippen molar-refractivity contribution in [2.24, 2.45) is 5.92 Å². The summed E-state index contributed by atoms with van der Waals surface area (Å²) in [7, 11) is 0. The first-order valence-electron chi connectivity index (χ1n) is 9.98. The highest BCUT2D eigenvalue weighted by molar-refractivity contribution is 5.78. The van der Waals surface area contributed by atoms with E-state index < -0.39 is 0 Å². The van der Waals surface area contributed by atoms with Crippen LogP contribution in [-0.4, -0.2) is 36.6 Å². The van der Waals surface area contributed by atoms with E-state index in [0.29, 0.717) is 26.1 Å². The van der Waals surface area contributed by atoms with E-state index in [9.17, 15) is 9.18 Å². The number of benzene rings is 2. The largest absolute Gasteiger partial charge is 0.490 e. The molecule has 0 aliphatic carbocycles. The average Bonchev–Trinajstić information content (AvgIpc) is 2.70. The zero-order valence-electron chi connectivity index (χ0n) is 16.6. The highest BCUT2D eigenvalue weighted by Gasteiger charge is 2.27. The van der Waals surface area contributed by atoms with E-state index >= 15 is 0 Å². The molecule has 0 N–H and O–H groups in total. The molecule has 2 aromatic carbocycles. The van der Waals surface area contributed by atoms with Crippen molar-refractivity contribution in [2.75, 3.05) is 19.7 Å². The molecule has 1 amide bonds. The molecule has 1 unspecified atom stereocenters. The molecule has 1 aliphatic heterocycles. The van der Waals surface area contributed by atoms with Crippen LogP contribution in [0.25, 0.3) is 0 Å². The number of para-hydroxylation sites is 2. The fraction of sp³-hybridized carbons (Fsp3) is 0.435. The summed E-state index contributed by atoms with van der Waals surface area (Å²) < 4.78 is 25.1. The second-order valence-corrected chi connectivity index (χ2v) is 7.26. The number of likely N-dealkylation sites (tertiary alicyclic amines) is 1. The molecule has 150 valence electrons. The van der Waals surface area contributed by atoms with Crippen LogP contribution in [-0.2, 0) is 11.2 Å². The SMILES string of the molecule is CCOc1ccccc1OC1CCN(C(=O)C(C)Cc2cccc(F)c2)CC1. The summed E-state index contributed by atoms with van der Waals surface area (Å²) in [6.07, 6.45) is 2.20.